The number of ether oxygens (including phenoxy) is 3. The molecule has 4 heterocycles. The summed E-state index contributed by atoms with van der Waals surface area (Å²) in [6, 6.07) is 12.1. The molecule has 0 aliphatic carbocycles. The summed E-state index contributed by atoms with van der Waals surface area (Å²) in [4.78, 5) is 32.8. The second-order valence-corrected chi connectivity index (χ2v) is 12.9. The van der Waals surface area contributed by atoms with Gasteiger partial charge in [-0.2, -0.15) is 0 Å². The zero-order valence-electron chi connectivity index (χ0n) is 27.4. The number of rotatable bonds is 11. The summed E-state index contributed by atoms with van der Waals surface area (Å²) in [7, 11) is 3.16. The maximum Gasteiger partial charge on any atom is 0.237 e. The van der Waals surface area contributed by atoms with E-state index in [1.165, 1.54) is 0 Å². The number of carbonyl (C=O) groups is 1. The van der Waals surface area contributed by atoms with Crippen molar-refractivity contribution in [3.8, 4) is 45.4 Å². The summed E-state index contributed by atoms with van der Waals surface area (Å²) >= 11 is 14.1. The molecule has 252 valence electrons. The third-order valence-electron chi connectivity index (χ3n) is 8.80. The van der Waals surface area contributed by atoms with Crippen molar-refractivity contribution in [2.45, 2.75) is 57.9 Å². The van der Waals surface area contributed by atoms with Gasteiger partial charge in [0.2, 0.25) is 17.7 Å². The van der Waals surface area contributed by atoms with Gasteiger partial charge < -0.3 is 24.8 Å². The lowest BCUT2D eigenvalue weighted by Crippen LogP contribution is -2.49. The number of hydrogen-bond acceptors (Lipinski definition) is 10. The van der Waals surface area contributed by atoms with E-state index in [1.54, 1.807) is 26.6 Å². The predicted molar refractivity (Wildman–Crippen MR) is 185 cm³/mol. The van der Waals surface area contributed by atoms with Crippen LogP contribution in [0, 0.1) is 0 Å². The van der Waals surface area contributed by atoms with Gasteiger partial charge in [-0.05, 0) is 20.3 Å². The maximum atomic E-state index is 11.5. The smallest absolute Gasteiger partial charge is 0.237 e. The number of morpholine rings is 1. The van der Waals surface area contributed by atoms with Crippen molar-refractivity contribution < 1.29 is 19.0 Å². The summed E-state index contributed by atoms with van der Waals surface area (Å²) in [5.74, 6) is 0.935. The van der Waals surface area contributed by atoms with E-state index in [1.807, 2.05) is 36.4 Å². The van der Waals surface area contributed by atoms with Crippen LogP contribution in [0.2, 0.25) is 10.0 Å². The Bertz CT molecular complexity index is 1780. The molecule has 2 aliphatic heterocycles. The van der Waals surface area contributed by atoms with Crippen LogP contribution in [0.25, 0.3) is 33.6 Å². The minimum absolute atomic E-state index is 0.0859. The standard InChI is InChI=1S/C35H39Cl2N7O4/c1-20-18-48-19-21(2)44(20)17-30-35(47-4)43-28(16-40-30)26-10-6-8-24(33(26)37)23-7-5-9-25(32(23)36)27-15-39-29(34(42-27)46-3)14-38-13-22-11-12-31(45)41-22/h5-10,15-16,20-22,38H,11-14,17-19H2,1-4H3,(H,41,45)/t20-,21-,22-/m0/s1. The van der Waals surface area contributed by atoms with Gasteiger partial charge in [0.25, 0.3) is 0 Å². The molecule has 2 aromatic heterocycles. The Balaban J connectivity index is 1.25. The van der Waals surface area contributed by atoms with E-state index in [-0.39, 0.29) is 24.0 Å². The lowest BCUT2D eigenvalue weighted by Gasteiger charge is -2.38. The molecule has 2 saturated heterocycles. The lowest BCUT2D eigenvalue weighted by molar-refractivity contribution is -0.119. The first-order chi connectivity index (χ1) is 23.3. The normalized spacial score (nSPS) is 19.7. The molecule has 13 heteroatoms. The van der Waals surface area contributed by atoms with Crippen LogP contribution < -0.4 is 20.1 Å². The average Bonchev–Trinajstić information content (AvgIpc) is 3.51. The SMILES string of the molecule is COc1nc(-c2cccc(-c3cccc(-c4cnc(CN5[C@@H](C)COC[C@@H]5C)c(OC)n4)c3Cl)c2Cl)cnc1CNC[C@@H]1CCC(=O)N1. The molecule has 0 radical (unpaired) electrons. The van der Waals surface area contributed by atoms with Crippen molar-refractivity contribution in [3.05, 3.63) is 70.2 Å². The Kier molecular flexibility index (Phi) is 10.7. The fourth-order valence-electron chi connectivity index (χ4n) is 6.20. The second kappa shape index (κ2) is 15.1. The second-order valence-electron chi connectivity index (χ2n) is 12.1. The summed E-state index contributed by atoms with van der Waals surface area (Å²) < 4.78 is 17.0. The summed E-state index contributed by atoms with van der Waals surface area (Å²) in [6.45, 7) is 7.33. The fraction of sp³-hybridized carbons (Fsp3) is 0.400. The van der Waals surface area contributed by atoms with Crippen LogP contribution >= 0.6 is 23.2 Å². The summed E-state index contributed by atoms with van der Waals surface area (Å²) in [6.07, 6.45) is 4.79. The Morgan fingerprint density at radius 1 is 0.875 bits per heavy atom. The number of aromatic nitrogens is 4. The van der Waals surface area contributed by atoms with Gasteiger partial charge in [0, 0.05) is 66.4 Å². The van der Waals surface area contributed by atoms with Crippen molar-refractivity contribution in [1.29, 1.82) is 0 Å². The minimum atomic E-state index is 0.0859. The van der Waals surface area contributed by atoms with Crippen LogP contribution in [0.3, 0.4) is 0 Å². The van der Waals surface area contributed by atoms with Crippen LogP contribution in [-0.2, 0) is 22.6 Å². The van der Waals surface area contributed by atoms with Gasteiger partial charge >= 0.3 is 0 Å². The van der Waals surface area contributed by atoms with E-state index in [9.17, 15) is 4.79 Å². The highest BCUT2D eigenvalue weighted by atomic mass is 35.5. The Morgan fingerprint density at radius 2 is 1.42 bits per heavy atom. The van der Waals surface area contributed by atoms with E-state index in [4.69, 9.17) is 52.4 Å². The summed E-state index contributed by atoms with van der Waals surface area (Å²) in [5.41, 5.74) is 5.43. The first-order valence-electron chi connectivity index (χ1n) is 16.0. The van der Waals surface area contributed by atoms with Gasteiger partial charge in [0.1, 0.15) is 11.4 Å². The molecule has 1 amide bonds. The van der Waals surface area contributed by atoms with Gasteiger partial charge in [-0.15, -0.1) is 0 Å². The van der Waals surface area contributed by atoms with E-state index < -0.39 is 0 Å². The zero-order chi connectivity index (χ0) is 33.8. The van der Waals surface area contributed by atoms with Gasteiger partial charge in [-0.3, -0.25) is 19.7 Å². The molecule has 0 saturated carbocycles. The van der Waals surface area contributed by atoms with Crippen molar-refractivity contribution in [2.24, 2.45) is 0 Å². The van der Waals surface area contributed by atoms with Gasteiger partial charge in [0.05, 0.1) is 61.3 Å². The fourth-order valence-corrected chi connectivity index (χ4v) is 6.85. The number of carbonyl (C=O) groups excluding carboxylic acids is 1. The molecule has 2 aliphatic rings. The van der Waals surface area contributed by atoms with Gasteiger partial charge in [0.15, 0.2) is 0 Å². The van der Waals surface area contributed by atoms with Gasteiger partial charge in [-0.25, -0.2) is 9.97 Å². The van der Waals surface area contributed by atoms with E-state index in [2.05, 4.69) is 34.4 Å². The number of amides is 1. The van der Waals surface area contributed by atoms with E-state index >= 15 is 0 Å². The monoisotopic (exact) mass is 691 g/mol. The molecular weight excluding hydrogens is 653 g/mol. The van der Waals surface area contributed by atoms with Crippen LogP contribution in [0.15, 0.2) is 48.8 Å². The highest BCUT2D eigenvalue weighted by Gasteiger charge is 2.28. The Morgan fingerprint density at radius 3 is 1.96 bits per heavy atom. The zero-order valence-corrected chi connectivity index (χ0v) is 28.9. The molecule has 0 bridgehead atoms. The molecule has 2 aromatic carbocycles. The minimum Gasteiger partial charge on any atom is -0.480 e. The Labute approximate surface area is 290 Å². The molecule has 0 unspecified atom stereocenters. The number of nitrogens with one attached hydrogen (secondary N) is 2. The topological polar surface area (TPSA) is 124 Å². The maximum absolute atomic E-state index is 11.5. The van der Waals surface area contributed by atoms with Crippen molar-refractivity contribution in [1.82, 2.24) is 35.5 Å². The molecule has 0 spiro atoms. The number of hydrogen-bond donors (Lipinski definition) is 2. The van der Waals surface area contributed by atoms with Crippen LogP contribution in [0.1, 0.15) is 38.1 Å². The molecule has 2 N–H and O–H groups in total. The summed E-state index contributed by atoms with van der Waals surface area (Å²) in [5, 5.41) is 7.25. The number of halogens is 2. The molecule has 2 fully saturated rings. The first-order valence-corrected chi connectivity index (χ1v) is 16.7. The van der Waals surface area contributed by atoms with E-state index in [0.717, 1.165) is 23.2 Å². The Hall–Kier alpha value is -3.87. The van der Waals surface area contributed by atoms with Crippen LogP contribution in [0.4, 0.5) is 0 Å². The molecular formula is C35H39Cl2N7O4. The first kappa shape index (κ1) is 34.0. The molecule has 6 rings (SSSR count). The average molecular weight is 693 g/mol. The lowest BCUT2D eigenvalue weighted by atomic mass is 9.98. The van der Waals surface area contributed by atoms with Gasteiger partial charge in [-0.1, -0.05) is 59.6 Å². The molecule has 11 nitrogen and oxygen atoms in total. The highest BCUT2D eigenvalue weighted by molar-refractivity contribution is 6.39. The number of methoxy groups -OCH3 is 2. The third-order valence-corrected chi connectivity index (χ3v) is 9.61. The molecule has 4 aromatic rings. The predicted octanol–water partition coefficient (Wildman–Crippen LogP) is 5.57. The van der Waals surface area contributed by atoms with Crippen molar-refractivity contribution >= 4 is 29.1 Å². The quantitative estimate of drug-likeness (QED) is 0.206. The highest BCUT2D eigenvalue weighted by Crippen LogP contribution is 2.42. The number of benzene rings is 2. The largest absolute Gasteiger partial charge is 0.480 e. The molecule has 3 atom stereocenters. The molecule has 48 heavy (non-hydrogen) atoms. The van der Waals surface area contributed by atoms with Crippen molar-refractivity contribution in [2.75, 3.05) is 34.0 Å². The van der Waals surface area contributed by atoms with E-state index in [0.29, 0.717) is 89.3 Å². The number of nitrogens with zero attached hydrogens (tertiary/aromatic N) is 5. The van der Waals surface area contributed by atoms with Crippen molar-refractivity contribution in [3.63, 3.8) is 0 Å². The third kappa shape index (κ3) is 7.25. The van der Waals surface area contributed by atoms with Crippen LogP contribution in [0.5, 0.6) is 11.8 Å². The van der Waals surface area contributed by atoms with Crippen LogP contribution in [-0.4, -0.2) is 82.8 Å².